The standard InChI is InChI=1S/C9H11BrN2O/c1-9(13,6-2-3-6)8-11-4-7(10)5-12-8/h4-6,13H,2-3H2,1H3/t9-/m0/s1. The lowest BCUT2D eigenvalue weighted by molar-refractivity contribution is 0.0238. The van der Waals surface area contributed by atoms with Crippen LogP contribution in [0.5, 0.6) is 0 Å². The minimum atomic E-state index is -0.847. The van der Waals surface area contributed by atoms with E-state index in [0.717, 1.165) is 17.3 Å². The summed E-state index contributed by atoms with van der Waals surface area (Å²) in [6, 6.07) is 0. The van der Waals surface area contributed by atoms with E-state index in [2.05, 4.69) is 25.9 Å². The van der Waals surface area contributed by atoms with Crippen molar-refractivity contribution in [3.8, 4) is 0 Å². The smallest absolute Gasteiger partial charge is 0.160 e. The average Bonchev–Trinajstić information content (AvgIpc) is 2.87. The maximum Gasteiger partial charge on any atom is 0.160 e. The molecule has 1 saturated carbocycles. The second-order valence-corrected chi connectivity index (χ2v) is 4.56. The number of aliphatic hydroxyl groups is 1. The van der Waals surface area contributed by atoms with Gasteiger partial charge in [0.1, 0.15) is 5.60 Å². The number of rotatable bonds is 2. The first kappa shape index (κ1) is 9.09. The van der Waals surface area contributed by atoms with Crippen molar-refractivity contribution in [3.63, 3.8) is 0 Å². The first-order chi connectivity index (χ1) is 6.10. The van der Waals surface area contributed by atoms with Crippen LogP contribution < -0.4 is 0 Å². The predicted molar refractivity (Wildman–Crippen MR) is 52.0 cm³/mol. The zero-order valence-electron chi connectivity index (χ0n) is 7.37. The highest BCUT2D eigenvalue weighted by Crippen LogP contribution is 2.44. The highest BCUT2D eigenvalue weighted by atomic mass is 79.9. The van der Waals surface area contributed by atoms with E-state index in [1.165, 1.54) is 0 Å². The van der Waals surface area contributed by atoms with E-state index in [1.54, 1.807) is 19.3 Å². The third-order valence-electron chi connectivity index (χ3n) is 2.45. The summed E-state index contributed by atoms with van der Waals surface area (Å²) in [6.45, 7) is 1.79. The molecule has 1 aromatic rings. The summed E-state index contributed by atoms with van der Waals surface area (Å²) in [5.74, 6) is 0.867. The van der Waals surface area contributed by atoms with Gasteiger partial charge >= 0.3 is 0 Å². The van der Waals surface area contributed by atoms with Crippen LogP contribution in [0.1, 0.15) is 25.6 Å². The molecule has 0 amide bonds. The van der Waals surface area contributed by atoms with Crippen LogP contribution in [0.3, 0.4) is 0 Å². The fourth-order valence-corrected chi connectivity index (χ4v) is 1.61. The van der Waals surface area contributed by atoms with Crippen LogP contribution in [0.25, 0.3) is 0 Å². The molecule has 0 aromatic carbocycles. The van der Waals surface area contributed by atoms with Gasteiger partial charge in [-0.3, -0.25) is 0 Å². The summed E-state index contributed by atoms with van der Waals surface area (Å²) in [6.07, 6.45) is 5.48. The van der Waals surface area contributed by atoms with E-state index in [4.69, 9.17) is 0 Å². The van der Waals surface area contributed by atoms with Crippen LogP contribution in [0.2, 0.25) is 0 Å². The molecule has 2 rings (SSSR count). The normalized spacial score (nSPS) is 21.2. The monoisotopic (exact) mass is 242 g/mol. The van der Waals surface area contributed by atoms with E-state index in [0.29, 0.717) is 11.7 Å². The van der Waals surface area contributed by atoms with Crippen LogP contribution in [-0.2, 0) is 5.60 Å². The highest BCUT2D eigenvalue weighted by molar-refractivity contribution is 9.10. The van der Waals surface area contributed by atoms with Crippen molar-refractivity contribution < 1.29 is 5.11 Å². The molecule has 1 atom stereocenters. The lowest BCUT2D eigenvalue weighted by Crippen LogP contribution is -2.26. The van der Waals surface area contributed by atoms with Gasteiger partial charge in [0.05, 0.1) is 4.47 Å². The number of aromatic nitrogens is 2. The van der Waals surface area contributed by atoms with E-state index in [9.17, 15) is 5.11 Å². The zero-order chi connectivity index (χ0) is 9.47. The third-order valence-corrected chi connectivity index (χ3v) is 2.85. The number of halogens is 1. The second kappa shape index (κ2) is 3.03. The number of nitrogens with zero attached hydrogens (tertiary/aromatic N) is 2. The molecule has 3 nitrogen and oxygen atoms in total. The molecular formula is C9H11BrN2O. The van der Waals surface area contributed by atoms with Crippen molar-refractivity contribution in [2.45, 2.75) is 25.4 Å². The van der Waals surface area contributed by atoms with Gasteiger partial charge in [-0.25, -0.2) is 9.97 Å². The van der Waals surface area contributed by atoms with E-state index >= 15 is 0 Å². The molecule has 0 radical (unpaired) electrons. The minimum Gasteiger partial charge on any atom is -0.382 e. The maximum atomic E-state index is 10.1. The lowest BCUT2D eigenvalue weighted by atomic mass is 10.00. The Hall–Kier alpha value is -0.480. The molecule has 1 fully saturated rings. The van der Waals surface area contributed by atoms with E-state index in [1.807, 2.05) is 0 Å². The van der Waals surface area contributed by atoms with Gasteiger partial charge in [-0.15, -0.1) is 0 Å². The molecule has 1 N–H and O–H groups in total. The van der Waals surface area contributed by atoms with Gasteiger partial charge in [0.15, 0.2) is 5.82 Å². The van der Waals surface area contributed by atoms with Gasteiger partial charge in [-0.1, -0.05) is 0 Å². The van der Waals surface area contributed by atoms with Gasteiger partial charge < -0.3 is 5.11 Å². The summed E-state index contributed by atoms with van der Waals surface area (Å²) in [5.41, 5.74) is -0.847. The molecule has 1 heterocycles. The Morgan fingerprint density at radius 1 is 1.46 bits per heavy atom. The molecule has 13 heavy (non-hydrogen) atoms. The molecule has 0 aliphatic heterocycles. The largest absolute Gasteiger partial charge is 0.382 e. The van der Waals surface area contributed by atoms with Crippen molar-refractivity contribution in [2.75, 3.05) is 0 Å². The minimum absolute atomic E-state index is 0.341. The first-order valence-electron chi connectivity index (χ1n) is 4.31. The van der Waals surface area contributed by atoms with Gasteiger partial charge in [0.25, 0.3) is 0 Å². The molecule has 0 bridgehead atoms. The molecule has 1 aliphatic carbocycles. The zero-order valence-corrected chi connectivity index (χ0v) is 8.95. The van der Waals surface area contributed by atoms with Gasteiger partial charge in [-0.05, 0) is 41.6 Å². The fourth-order valence-electron chi connectivity index (χ4n) is 1.40. The highest BCUT2D eigenvalue weighted by Gasteiger charge is 2.43. The second-order valence-electron chi connectivity index (χ2n) is 3.65. The molecule has 0 saturated heterocycles. The average molecular weight is 243 g/mol. The van der Waals surface area contributed by atoms with Crippen molar-refractivity contribution in [1.82, 2.24) is 9.97 Å². The summed E-state index contributed by atoms with van der Waals surface area (Å²) in [5, 5.41) is 10.1. The quantitative estimate of drug-likeness (QED) is 0.862. The van der Waals surface area contributed by atoms with Gasteiger partial charge in [0, 0.05) is 12.4 Å². The van der Waals surface area contributed by atoms with Crippen LogP contribution in [0.15, 0.2) is 16.9 Å². The Kier molecular flexibility index (Phi) is 2.12. The van der Waals surface area contributed by atoms with Crippen molar-refractivity contribution in [3.05, 3.63) is 22.7 Å². The topological polar surface area (TPSA) is 46.0 Å². The summed E-state index contributed by atoms with van der Waals surface area (Å²) in [7, 11) is 0. The van der Waals surface area contributed by atoms with Crippen LogP contribution in [0, 0.1) is 5.92 Å². The Morgan fingerprint density at radius 3 is 2.46 bits per heavy atom. The number of hydrogen-bond donors (Lipinski definition) is 1. The Labute approximate surface area is 85.4 Å². The molecule has 70 valence electrons. The summed E-state index contributed by atoms with van der Waals surface area (Å²) >= 11 is 3.26. The third kappa shape index (κ3) is 1.74. The van der Waals surface area contributed by atoms with Crippen molar-refractivity contribution in [1.29, 1.82) is 0 Å². The fraction of sp³-hybridized carbons (Fsp3) is 0.556. The van der Waals surface area contributed by atoms with Crippen molar-refractivity contribution >= 4 is 15.9 Å². The molecule has 4 heteroatoms. The van der Waals surface area contributed by atoms with E-state index < -0.39 is 5.60 Å². The van der Waals surface area contributed by atoms with Crippen LogP contribution in [0.4, 0.5) is 0 Å². The van der Waals surface area contributed by atoms with Crippen LogP contribution >= 0.6 is 15.9 Å². The summed E-state index contributed by atoms with van der Waals surface area (Å²) < 4.78 is 0.836. The molecular weight excluding hydrogens is 232 g/mol. The van der Waals surface area contributed by atoms with Crippen LogP contribution in [-0.4, -0.2) is 15.1 Å². The Morgan fingerprint density at radius 2 is 2.00 bits per heavy atom. The lowest BCUT2D eigenvalue weighted by Gasteiger charge is -2.20. The predicted octanol–water partition coefficient (Wildman–Crippen LogP) is 1.86. The molecule has 1 aliphatic rings. The SMILES string of the molecule is C[C@@](O)(c1ncc(Br)cn1)C1CC1. The Balaban J connectivity index is 2.28. The van der Waals surface area contributed by atoms with Crippen molar-refractivity contribution in [2.24, 2.45) is 5.92 Å². The summed E-state index contributed by atoms with van der Waals surface area (Å²) in [4.78, 5) is 8.21. The molecule has 1 aromatic heterocycles. The maximum absolute atomic E-state index is 10.1. The molecule has 0 unspecified atom stereocenters. The van der Waals surface area contributed by atoms with Gasteiger partial charge in [-0.2, -0.15) is 0 Å². The van der Waals surface area contributed by atoms with Gasteiger partial charge in [0.2, 0.25) is 0 Å². The Bertz CT molecular complexity index is 306. The molecule has 0 spiro atoms. The first-order valence-corrected chi connectivity index (χ1v) is 5.10. The number of hydrogen-bond acceptors (Lipinski definition) is 3. The van der Waals surface area contributed by atoms with E-state index in [-0.39, 0.29) is 0 Å².